The molecule has 2 aromatic rings. The molecule has 0 bridgehead atoms. The van der Waals surface area contributed by atoms with Crippen molar-refractivity contribution in [2.24, 2.45) is 0 Å². The van der Waals surface area contributed by atoms with Crippen LogP contribution in [0.25, 0.3) is 0 Å². The van der Waals surface area contributed by atoms with Crippen molar-refractivity contribution in [1.29, 1.82) is 0 Å². The third kappa shape index (κ3) is 2.27. The fourth-order valence-corrected chi connectivity index (χ4v) is 2.25. The lowest BCUT2D eigenvalue weighted by Gasteiger charge is -2.08. The lowest BCUT2D eigenvalue weighted by molar-refractivity contribution is 0.357. The molecule has 0 aliphatic carbocycles. The molecule has 92 valence electrons. The molecule has 1 aliphatic rings. The first kappa shape index (κ1) is 11.4. The number of hydrogen-bond acceptors (Lipinski definition) is 3. The Morgan fingerprint density at radius 2 is 2.28 bits per heavy atom. The minimum absolute atomic E-state index is 0.502. The molecule has 3 nitrogen and oxygen atoms in total. The normalized spacial score (nSPS) is 12.9. The first-order chi connectivity index (χ1) is 8.83. The van der Waals surface area contributed by atoms with Gasteiger partial charge in [0, 0.05) is 19.2 Å². The van der Waals surface area contributed by atoms with Crippen LogP contribution in [-0.2, 0) is 13.0 Å². The summed E-state index contributed by atoms with van der Waals surface area (Å²) in [6, 6.07) is 10.1. The van der Waals surface area contributed by atoms with E-state index in [-0.39, 0.29) is 0 Å². The number of aromatic nitrogens is 1. The molecular formula is C14H13ClN2O. The predicted molar refractivity (Wildman–Crippen MR) is 72.2 cm³/mol. The second-order valence-electron chi connectivity index (χ2n) is 4.24. The molecule has 18 heavy (non-hydrogen) atoms. The molecule has 1 aromatic heterocycles. The van der Waals surface area contributed by atoms with E-state index < -0.39 is 0 Å². The summed E-state index contributed by atoms with van der Waals surface area (Å²) in [5.41, 5.74) is 3.36. The third-order valence-electron chi connectivity index (χ3n) is 3.00. The van der Waals surface area contributed by atoms with Gasteiger partial charge in [-0.3, -0.25) is 0 Å². The van der Waals surface area contributed by atoms with Crippen molar-refractivity contribution in [2.75, 3.05) is 11.9 Å². The van der Waals surface area contributed by atoms with Crippen LogP contribution in [0.1, 0.15) is 11.1 Å². The summed E-state index contributed by atoms with van der Waals surface area (Å²) >= 11 is 5.99. The van der Waals surface area contributed by atoms with Gasteiger partial charge in [-0.15, -0.1) is 0 Å². The predicted octanol–water partition coefficient (Wildman–Crippen LogP) is 3.28. The molecule has 0 fully saturated rings. The van der Waals surface area contributed by atoms with Crippen molar-refractivity contribution >= 4 is 17.3 Å². The number of anilines is 1. The smallest absolute Gasteiger partial charge is 0.152 e. The zero-order valence-corrected chi connectivity index (χ0v) is 10.6. The molecule has 1 aliphatic heterocycles. The van der Waals surface area contributed by atoms with Crippen LogP contribution >= 0.6 is 11.6 Å². The highest BCUT2D eigenvalue weighted by molar-refractivity contribution is 6.31. The number of ether oxygens (including phenoxy) is 1. The monoisotopic (exact) mass is 260 g/mol. The minimum atomic E-state index is 0.502. The van der Waals surface area contributed by atoms with Crippen molar-refractivity contribution < 1.29 is 4.74 Å². The average Bonchev–Trinajstić information content (AvgIpc) is 2.85. The topological polar surface area (TPSA) is 34.2 Å². The Balaban J connectivity index is 1.72. The zero-order chi connectivity index (χ0) is 12.4. The van der Waals surface area contributed by atoms with Crippen LogP contribution < -0.4 is 10.1 Å². The van der Waals surface area contributed by atoms with E-state index in [1.165, 1.54) is 11.1 Å². The van der Waals surface area contributed by atoms with E-state index in [9.17, 15) is 0 Å². The molecular weight excluding hydrogens is 248 g/mol. The van der Waals surface area contributed by atoms with Crippen LogP contribution in [-0.4, -0.2) is 11.6 Å². The number of hydrogen-bond donors (Lipinski definition) is 1. The molecule has 3 rings (SSSR count). The summed E-state index contributed by atoms with van der Waals surface area (Å²) in [5.74, 6) is 1.01. The summed E-state index contributed by atoms with van der Waals surface area (Å²) in [7, 11) is 0. The average molecular weight is 261 g/mol. The van der Waals surface area contributed by atoms with Crippen molar-refractivity contribution in [3.63, 3.8) is 0 Å². The second-order valence-corrected chi connectivity index (χ2v) is 4.59. The van der Waals surface area contributed by atoms with Gasteiger partial charge < -0.3 is 10.1 Å². The van der Waals surface area contributed by atoms with Gasteiger partial charge in [0.25, 0.3) is 0 Å². The Morgan fingerprint density at radius 1 is 1.33 bits per heavy atom. The summed E-state index contributed by atoms with van der Waals surface area (Å²) in [6.45, 7) is 1.53. The van der Waals surface area contributed by atoms with Gasteiger partial charge >= 0.3 is 0 Å². The van der Waals surface area contributed by atoms with Crippen molar-refractivity contribution in [3.05, 3.63) is 52.8 Å². The molecule has 0 atom stereocenters. The fraction of sp³-hybridized carbons (Fsp3) is 0.214. The summed E-state index contributed by atoms with van der Waals surface area (Å²) < 4.78 is 5.48. The largest absolute Gasteiger partial charge is 0.493 e. The van der Waals surface area contributed by atoms with E-state index in [1.807, 2.05) is 18.2 Å². The van der Waals surface area contributed by atoms with E-state index in [0.717, 1.165) is 31.0 Å². The van der Waals surface area contributed by atoms with Gasteiger partial charge in [0.2, 0.25) is 0 Å². The Bertz CT molecular complexity index is 571. The Hall–Kier alpha value is -1.74. The van der Waals surface area contributed by atoms with E-state index >= 15 is 0 Å². The standard InChI is InChI=1S/C14H13ClN2O/c15-14-12(2-1-6-16-14)17-9-10-3-4-13-11(8-10)5-7-18-13/h1-4,6,8,17H,5,7,9H2. The highest BCUT2D eigenvalue weighted by atomic mass is 35.5. The molecule has 0 spiro atoms. The molecule has 0 unspecified atom stereocenters. The van der Waals surface area contributed by atoms with Crippen LogP contribution in [0.2, 0.25) is 5.15 Å². The van der Waals surface area contributed by atoms with Crippen molar-refractivity contribution in [2.45, 2.75) is 13.0 Å². The number of nitrogens with one attached hydrogen (secondary N) is 1. The Morgan fingerprint density at radius 3 is 3.17 bits per heavy atom. The number of rotatable bonds is 3. The molecule has 0 saturated carbocycles. The third-order valence-corrected chi connectivity index (χ3v) is 3.30. The van der Waals surface area contributed by atoms with Gasteiger partial charge in [0.1, 0.15) is 5.75 Å². The van der Waals surface area contributed by atoms with Gasteiger partial charge in [-0.1, -0.05) is 23.7 Å². The quantitative estimate of drug-likeness (QED) is 0.860. The maximum absolute atomic E-state index is 5.99. The van der Waals surface area contributed by atoms with Crippen molar-refractivity contribution in [1.82, 2.24) is 4.98 Å². The molecule has 2 heterocycles. The molecule has 4 heteroatoms. The first-order valence-corrected chi connectivity index (χ1v) is 6.30. The SMILES string of the molecule is Clc1ncccc1NCc1ccc2c(c1)CCO2. The summed E-state index contributed by atoms with van der Waals surface area (Å²) in [6.07, 6.45) is 2.68. The highest BCUT2D eigenvalue weighted by Gasteiger charge is 2.11. The van der Waals surface area contributed by atoms with Crippen molar-refractivity contribution in [3.8, 4) is 5.75 Å². The van der Waals surface area contributed by atoms with E-state index in [4.69, 9.17) is 16.3 Å². The number of benzene rings is 1. The maximum atomic E-state index is 5.99. The molecule has 0 radical (unpaired) electrons. The number of nitrogens with zero attached hydrogens (tertiary/aromatic N) is 1. The molecule has 0 saturated heterocycles. The number of fused-ring (bicyclic) bond motifs is 1. The van der Waals surface area contributed by atoms with Gasteiger partial charge in [-0.05, 0) is 29.3 Å². The molecule has 0 amide bonds. The minimum Gasteiger partial charge on any atom is -0.493 e. The summed E-state index contributed by atoms with van der Waals surface area (Å²) in [4.78, 5) is 4.03. The lowest BCUT2D eigenvalue weighted by atomic mass is 10.1. The second kappa shape index (κ2) is 4.86. The maximum Gasteiger partial charge on any atom is 0.152 e. The van der Waals surface area contributed by atoms with Crippen LogP contribution in [0, 0.1) is 0 Å². The molecule has 1 N–H and O–H groups in total. The van der Waals surface area contributed by atoms with E-state index in [2.05, 4.69) is 22.4 Å². The van der Waals surface area contributed by atoms with Crippen LogP contribution in [0.4, 0.5) is 5.69 Å². The Kier molecular flexibility index (Phi) is 3.07. The molecule has 1 aromatic carbocycles. The van der Waals surface area contributed by atoms with Crippen LogP contribution in [0.3, 0.4) is 0 Å². The first-order valence-electron chi connectivity index (χ1n) is 5.92. The van der Waals surface area contributed by atoms with E-state index in [0.29, 0.717) is 5.15 Å². The zero-order valence-electron chi connectivity index (χ0n) is 9.82. The highest BCUT2D eigenvalue weighted by Crippen LogP contribution is 2.26. The van der Waals surface area contributed by atoms with Gasteiger partial charge in [-0.25, -0.2) is 4.98 Å². The van der Waals surface area contributed by atoms with Crippen LogP contribution in [0.5, 0.6) is 5.75 Å². The number of halogens is 1. The van der Waals surface area contributed by atoms with Crippen LogP contribution in [0.15, 0.2) is 36.5 Å². The van der Waals surface area contributed by atoms with E-state index in [1.54, 1.807) is 6.20 Å². The number of pyridine rings is 1. The van der Waals surface area contributed by atoms with Gasteiger partial charge in [0.15, 0.2) is 5.15 Å². The summed E-state index contributed by atoms with van der Waals surface area (Å²) in [5, 5.41) is 3.79. The van der Waals surface area contributed by atoms with Gasteiger partial charge in [0.05, 0.1) is 12.3 Å². The fourth-order valence-electron chi connectivity index (χ4n) is 2.07. The van der Waals surface area contributed by atoms with Gasteiger partial charge in [-0.2, -0.15) is 0 Å². The lowest BCUT2D eigenvalue weighted by Crippen LogP contribution is -2.00. The Labute approximate surface area is 111 Å².